The van der Waals surface area contributed by atoms with Crippen LogP contribution in [0.2, 0.25) is 0 Å². The van der Waals surface area contributed by atoms with Crippen LogP contribution in [0.25, 0.3) is 21.8 Å². The average molecular weight is 525 g/mol. The summed E-state index contributed by atoms with van der Waals surface area (Å²) < 4.78 is 43.7. The molecule has 1 aromatic heterocycles. The third-order valence-electron chi connectivity index (χ3n) is 4.67. The highest BCUT2D eigenvalue weighted by atomic mass is 79.9. The van der Waals surface area contributed by atoms with Crippen molar-refractivity contribution in [2.24, 2.45) is 0 Å². The van der Waals surface area contributed by atoms with Gasteiger partial charge in [0.15, 0.2) is 9.84 Å². The van der Waals surface area contributed by atoms with Crippen molar-refractivity contribution in [3.05, 3.63) is 75.7 Å². The van der Waals surface area contributed by atoms with Crippen LogP contribution in [0.15, 0.2) is 80.6 Å². The van der Waals surface area contributed by atoms with E-state index in [9.17, 15) is 12.8 Å². The molecule has 0 fully saturated rings. The van der Waals surface area contributed by atoms with E-state index in [1.807, 2.05) is 41.0 Å². The zero-order valence-electron chi connectivity index (χ0n) is 14.6. The van der Waals surface area contributed by atoms with Gasteiger partial charge in [0.2, 0.25) is 0 Å². The first-order valence-corrected chi connectivity index (χ1v) is 11.9. The largest absolute Gasteiger partial charge is 0.337 e. The monoisotopic (exact) mass is 523 g/mol. The van der Waals surface area contributed by atoms with Crippen molar-refractivity contribution < 1.29 is 12.8 Å². The van der Waals surface area contributed by atoms with E-state index in [-0.39, 0.29) is 11.4 Å². The number of alkyl halides is 1. The lowest BCUT2D eigenvalue weighted by molar-refractivity contribution is 0.328. The van der Waals surface area contributed by atoms with E-state index in [0.29, 0.717) is 0 Å². The van der Waals surface area contributed by atoms with E-state index >= 15 is 0 Å². The highest BCUT2D eigenvalue weighted by molar-refractivity contribution is 9.10. The highest BCUT2D eigenvalue weighted by Crippen LogP contribution is 2.33. The summed E-state index contributed by atoms with van der Waals surface area (Å²) in [6.07, 6.45) is -1.53. The second-order valence-electron chi connectivity index (χ2n) is 6.63. The van der Waals surface area contributed by atoms with Gasteiger partial charge in [-0.2, -0.15) is 0 Å². The molecule has 0 aliphatic heterocycles. The topological polar surface area (TPSA) is 39.1 Å². The molecule has 0 aliphatic rings. The molecule has 0 amide bonds. The number of sulfone groups is 1. The van der Waals surface area contributed by atoms with Crippen molar-refractivity contribution in [2.45, 2.75) is 17.6 Å². The third kappa shape index (κ3) is 3.75. The van der Waals surface area contributed by atoms with Gasteiger partial charge in [0, 0.05) is 30.8 Å². The first-order chi connectivity index (χ1) is 13.3. The quantitative estimate of drug-likeness (QED) is 0.315. The van der Waals surface area contributed by atoms with Gasteiger partial charge in [0.1, 0.15) is 6.17 Å². The number of fused-ring (bicyclic) bond motifs is 3. The average Bonchev–Trinajstić information content (AvgIpc) is 2.94. The fourth-order valence-corrected chi connectivity index (χ4v) is 5.53. The molecule has 0 bridgehead atoms. The van der Waals surface area contributed by atoms with Gasteiger partial charge in [-0.15, -0.1) is 0 Å². The number of hydrogen-bond acceptors (Lipinski definition) is 2. The van der Waals surface area contributed by atoms with Crippen LogP contribution in [0.3, 0.4) is 0 Å². The first-order valence-electron chi connectivity index (χ1n) is 8.64. The second-order valence-corrected chi connectivity index (χ2v) is 10.5. The maximum Gasteiger partial charge on any atom is 0.181 e. The van der Waals surface area contributed by atoms with Crippen molar-refractivity contribution in [3.8, 4) is 0 Å². The number of aromatic nitrogens is 1. The normalized spacial score (nSPS) is 13.2. The lowest BCUT2D eigenvalue weighted by Crippen LogP contribution is -2.22. The summed E-state index contributed by atoms with van der Waals surface area (Å²) >= 11 is 6.98. The summed E-state index contributed by atoms with van der Waals surface area (Å²) in [5.41, 5.74) is 1.74. The predicted molar refractivity (Wildman–Crippen MR) is 118 cm³/mol. The maximum atomic E-state index is 14.9. The Morgan fingerprint density at radius 2 is 1.39 bits per heavy atom. The molecule has 0 radical (unpaired) electrons. The Hall–Kier alpha value is -1.70. The second kappa shape index (κ2) is 7.61. The van der Waals surface area contributed by atoms with Gasteiger partial charge >= 0.3 is 0 Å². The molecule has 1 unspecified atom stereocenters. The molecule has 1 atom stereocenters. The fourth-order valence-electron chi connectivity index (χ4n) is 3.46. The molecule has 7 heteroatoms. The zero-order chi connectivity index (χ0) is 19.9. The Morgan fingerprint density at radius 1 is 0.857 bits per heavy atom. The molecule has 0 saturated heterocycles. The summed E-state index contributed by atoms with van der Waals surface area (Å²) in [4.78, 5) is 0.146. The van der Waals surface area contributed by atoms with Crippen LogP contribution in [0.5, 0.6) is 0 Å². The van der Waals surface area contributed by atoms with Gasteiger partial charge in [0.05, 0.1) is 17.2 Å². The summed E-state index contributed by atoms with van der Waals surface area (Å²) in [6, 6.07) is 19.7. The van der Waals surface area contributed by atoms with E-state index in [1.165, 1.54) is 12.1 Å². The van der Waals surface area contributed by atoms with Crippen molar-refractivity contribution in [2.75, 3.05) is 5.75 Å². The molecule has 0 saturated carbocycles. The van der Waals surface area contributed by atoms with E-state index < -0.39 is 21.8 Å². The van der Waals surface area contributed by atoms with Gasteiger partial charge in [-0.05, 0) is 48.5 Å². The Kier molecular flexibility index (Phi) is 5.33. The molecule has 3 nitrogen and oxygen atoms in total. The molecule has 28 heavy (non-hydrogen) atoms. The lowest BCUT2D eigenvalue weighted by atomic mass is 10.2. The fraction of sp³-hybridized carbons (Fsp3) is 0.143. The minimum absolute atomic E-state index is 0.0324. The van der Waals surface area contributed by atoms with E-state index in [4.69, 9.17) is 0 Å². The Balaban J connectivity index is 1.73. The van der Waals surface area contributed by atoms with Crippen LogP contribution < -0.4 is 0 Å². The summed E-state index contributed by atoms with van der Waals surface area (Å²) in [5, 5.41) is 1.98. The minimum atomic E-state index is -3.69. The van der Waals surface area contributed by atoms with E-state index in [1.54, 1.807) is 18.2 Å². The molecule has 0 N–H and O–H groups in total. The Morgan fingerprint density at radius 3 is 1.93 bits per heavy atom. The molecule has 4 aromatic rings. The van der Waals surface area contributed by atoms with E-state index in [2.05, 4.69) is 31.9 Å². The van der Waals surface area contributed by atoms with Crippen molar-refractivity contribution in [3.63, 3.8) is 0 Å². The predicted octanol–water partition coefficient (Wildman–Crippen LogP) is 6.13. The SMILES string of the molecule is O=S(=O)(CC(F)Cn1c2ccc(Br)cc2c2cc(Br)ccc21)c1ccccc1. The molecule has 0 spiro atoms. The summed E-state index contributed by atoms with van der Waals surface area (Å²) in [5.74, 6) is -0.550. The standard InChI is InChI=1S/C21H16Br2FNO2S/c22-14-6-8-20-18(10-14)19-11-15(23)7-9-21(19)25(20)12-16(24)13-28(26,27)17-4-2-1-3-5-17/h1-11,16H,12-13H2. The summed E-state index contributed by atoms with van der Waals surface area (Å²) in [7, 11) is -3.69. The lowest BCUT2D eigenvalue weighted by Gasteiger charge is -2.13. The number of hydrogen-bond donors (Lipinski definition) is 0. The molecule has 4 rings (SSSR count). The Labute approximate surface area is 179 Å². The van der Waals surface area contributed by atoms with Crippen molar-refractivity contribution in [1.82, 2.24) is 4.57 Å². The molecule has 144 valence electrons. The van der Waals surface area contributed by atoms with Crippen LogP contribution in [-0.4, -0.2) is 24.9 Å². The van der Waals surface area contributed by atoms with Gasteiger partial charge in [-0.1, -0.05) is 50.1 Å². The smallest absolute Gasteiger partial charge is 0.181 e. The van der Waals surface area contributed by atoms with Gasteiger partial charge in [-0.3, -0.25) is 0 Å². The van der Waals surface area contributed by atoms with Gasteiger partial charge in [0.25, 0.3) is 0 Å². The zero-order valence-corrected chi connectivity index (χ0v) is 18.6. The van der Waals surface area contributed by atoms with Crippen molar-refractivity contribution in [1.29, 1.82) is 0 Å². The Bertz CT molecular complexity index is 1210. The number of benzene rings is 3. The number of halogens is 3. The van der Waals surface area contributed by atoms with Crippen LogP contribution in [0.1, 0.15) is 0 Å². The number of rotatable bonds is 5. The highest BCUT2D eigenvalue weighted by Gasteiger charge is 2.23. The van der Waals surface area contributed by atoms with E-state index in [0.717, 1.165) is 30.8 Å². The first kappa shape index (κ1) is 19.6. The van der Waals surface area contributed by atoms with Crippen LogP contribution in [0, 0.1) is 0 Å². The third-order valence-corrected chi connectivity index (χ3v) is 7.45. The van der Waals surface area contributed by atoms with Crippen LogP contribution in [0.4, 0.5) is 4.39 Å². The molecule has 3 aromatic carbocycles. The molecule has 1 heterocycles. The van der Waals surface area contributed by atoms with Crippen LogP contribution >= 0.6 is 31.9 Å². The molecule has 0 aliphatic carbocycles. The van der Waals surface area contributed by atoms with Crippen molar-refractivity contribution >= 4 is 63.5 Å². The summed E-state index contributed by atoms with van der Waals surface area (Å²) in [6.45, 7) is -0.0324. The molecular weight excluding hydrogens is 509 g/mol. The molecular formula is C21H16Br2FNO2S. The van der Waals surface area contributed by atoms with Gasteiger partial charge in [-0.25, -0.2) is 12.8 Å². The minimum Gasteiger partial charge on any atom is -0.337 e. The van der Waals surface area contributed by atoms with Gasteiger partial charge < -0.3 is 4.57 Å². The maximum absolute atomic E-state index is 14.9. The number of nitrogens with zero attached hydrogens (tertiary/aromatic N) is 1. The van der Waals surface area contributed by atoms with Crippen LogP contribution in [-0.2, 0) is 16.4 Å².